The van der Waals surface area contributed by atoms with E-state index in [1.165, 1.54) is 23.7 Å². The van der Waals surface area contributed by atoms with Gasteiger partial charge in [0.15, 0.2) is 0 Å². The molecule has 4 nitrogen and oxygen atoms in total. The van der Waals surface area contributed by atoms with Crippen LogP contribution in [0.25, 0.3) is 0 Å². The molecule has 1 unspecified atom stereocenters. The van der Waals surface area contributed by atoms with Crippen molar-refractivity contribution < 1.29 is 9.50 Å². The fourth-order valence-corrected chi connectivity index (χ4v) is 2.99. The number of nitrogens with one attached hydrogen (secondary N) is 1. The van der Waals surface area contributed by atoms with Gasteiger partial charge in [0, 0.05) is 24.5 Å². The third-order valence-electron chi connectivity index (χ3n) is 3.74. The van der Waals surface area contributed by atoms with E-state index < -0.39 is 0 Å². The van der Waals surface area contributed by atoms with Gasteiger partial charge in [-0.2, -0.15) is 4.37 Å². The van der Waals surface area contributed by atoms with Gasteiger partial charge in [-0.3, -0.25) is 0 Å². The van der Waals surface area contributed by atoms with E-state index in [4.69, 9.17) is 0 Å². The summed E-state index contributed by atoms with van der Waals surface area (Å²) in [6.07, 6.45) is 0.583. The second kappa shape index (κ2) is 7.40. The summed E-state index contributed by atoms with van der Waals surface area (Å²) in [5, 5.41) is 13.5. The van der Waals surface area contributed by atoms with Crippen molar-refractivity contribution in [2.75, 3.05) is 11.9 Å². The number of rotatable bonds is 6. The van der Waals surface area contributed by atoms with Crippen LogP contribution < -0.4 is 5.32 Å². The Morgan fingerprint density at radius 1 is 1.21 bits per heavy atom. The van der Waals surface area contributed by atoms with Gasteiger partial charge in [0.1, 0.15) is 17.4 Å². The zero-order chi connectivity index (χ0) is 16.9. The van der Waals surface area contributed by atoms with Gasteiger partial charge in [-0.05, 0) is 41.3 Å². The Hall–Kier alpha value is -2.47. The predicted molar refractivity (Wildman–Crippen MR) is 94.1 cm³/mol. The lowest BCUT2D eigenvalue weighted by Crippen LogP contribution is -2.09. The third kappa shape index (κ3) is 4.29. The van der Waals surface area contributed by atoms with E-state index in [2.05, 4.69) is 21.6 Å². The molecule has 0 saturated heterocycles. The molecule has 1 heterocycles. The molecule has 0 bridgehead atoms. The molecule has 0 aliphatic heterocycles. The van der Waals surface area contributed by atoms with E-state index in [0.717, 1.165) is 22.1 Å². The van der Waals surface area contributed by atoms with E-state index in [1.54, 1.807) is 30.3 Å². The quantitative estimate of drug-likeness (QED) is 0.705. The first kappa shape index (κ1) is 16.4. The Morgan fingerprint density at radius 3 is 2.75 bits per heavy atom. The zero-order valence-electron chi connectivity index (χ0n) is 13.2. The number of halogens is 1. The van der Waals surface area contributed by atoms with E-state index in [9.17, 15) is 9.50 Å². The molecule has 0 amide bonds. The minimum atomic E-state index is -0.223. The Bertz CT molecular complexity index is 804. The normalized spacial score (nSPS) is 12.1. The SMILES string of the molecule is CC(CNc1nc(Cc2cccc(O)c2)ns1)c1ccc(F)cc1. The first-order chi connectivity index (χ1) is 11.6. The highest BCUT2D eigenvalue weighted by atomic mass is 32.1. The van der Waals surface area contributed by atoms with Crippen LogP contribution in [0, 0.1) is 5.82 Å². The molecular formula is C18H18FN3OS. The number of hydrogen-bond donors (Lipinski definition) is 2. The fraction of sp³-hybridized carbons (Fsp3) is 0.222. The molecule has 24 heavy (non-hydrogen) atoms. The average Bonchev–Trinajstić information content (AvgIpc) is 3.01. The summed E-state index contributed by atoms with van der Waals surface area (Å²) in [5.41, 5.74) is 2.05. The largest absolute Gasteiger partial charge is 0.508 e. The first-order valence-electron chi connectivity index (χ1n) is 7.70. The van der Waals surface area contributed by atoms with Crippen LogP contribution in [0.5, 0.6) is 5.75 Å². The smallest absolute Gasteiger partial charge is 0.202 e. The van der Waals surface area contributed by atoms with Crippen LogP contribution in [-0.4, -0.2) is 21.0 Å². The number of phenolic OH excluding ortho intramolecular Hbond substituents is 1. The highest BCUT2D eigenvalue weighted by Crippen LogP contribution is 2.20. The molecule has 3 aromatic rings. The van der Waals surface area contributed by atoms with Crippen LogP contribution >= 0.6 is 11.5 Å². The van der Waals surface area contributed by atoms with E-state index in [1.807, 2.05) is 6.07 Å². The van der Waals surface area contributed by atoms with Crippen LogP contribution in [0.4, 0.5) is 9.52 Å². The van der Waals surface area contributed by atoms with Crippen molar-refractivity contribution in [3.8, 4) is 5.75 Å². The lowest BCUT2D eigenvalue weighted by molar-refractivity contribution is 0.474. The second-order valence-electron chi connectivity index (χ2n) is 5.70. The Kier molecular flexibility index (Phi) is 5.05. The molecule has 0 saturated carbocycles. The molecule has 3 rings (SSSR count). The van der Waals surface area contributed by atoms with Crippen molar-refractivity contribution in [2.24, 2.45) is 0 Å². The number of anilines is 1. The van der Waals surface area contributed by atoms with E-state index >= 15 is 0 Å². The Morgan fingerprint density at radius 2 is 2.00 bits per heavy atom. The molecule has 1 atom stereocenters. The maximum atomic E-state index is 13.0. The van der Waals surface area contributed by atoms with Crippen LogP contribution in [0.15, 0.2) is 48.5 Å². The summed E-state index contributed by atoms with van der Waals surface area (Å²) >= 11 is 1.32. The van der Waals surface area contributed by atoms with E-state index in [0.29, 0.717) is 13.0 Å². The van der Waals surface area contributed by atoms with Gasteiger partial charge in [-0.1, -0.05) is 31.2 Å². The molecule has 2 N–H and O–H groups in total. The van der Waals surface area contributed by atoms with Gasteiger partial charge >= 0.3 is 0 Å². The van der Waals surface area contributed by atoms with Crippen molar-refractivity contribution in [3.05, 3.63) is 71.3 Å². The first-order valence-corrected chi connectivity index (χ1v) is 8.47. The summed E-state index contributed by atoms with van der Waals surface area (Å²) < 4.78 is 17.3. The fourth-order valence-electron chi connectivity index (χ4n) is 2.40. The van der Waals surface area contributed by atoms with Gasteiger partial charge in [-0.15, -0.1) is 0 Å². The number of aromatic hydroxyl groups is 1. The summed E-state index contributed by atoms with van der Waals surface area (Å²) in [5.74, 6) is 0.986. The highest BCUT2D eigenvalue weighted by Gasteiger charge is 2.09. The number of aromatic nitrogens is 2. The van der Waals surface area contributed by atoms with Crippen molar-refractivity contribution in [1.82, 2.24) is 9.36 Å². The number of nitrogens with zero attached hydrogens (tertiary/aromatic N) is 2. The lowest BCUT2D eigenvalue weighted by atomic mass is 10.0. The number of phenols is 1. The van der Waals surface area contributed by atoms with Crippen molar-refractivity contribution >= 4 is 16.7 Å². The molecule has 6 heteroatoms. The van der Waals surface area contributed by atoms with Gasteiger partial charge in [-0.25, -0.2) is 9.37 Å². The third-order valence-corrected chi connectivity index (χ3v) is 4.45. The molecule has 0 radical (unpaired) electrons. The van der Waals surface area contributed by atoms with Crippen molar-refractivity contribution in [2.45, 2.75) is 19.3 Å². The van der Waals surface area contributed by atoms with E-state index in [-0.39, 0.29) is 17.5 Å². The molecule has 0 fully saturated rings. The minimum Gasteiger partial charge on any atom is -0.508 e. The molecule has 124 valence electrons. The van der Waals surface area contributed by atoms with Gasteiger partial charge < -0.3 is 10.4 Å². The summed E-state index contributed by atoms with van der Waals surface area (Å²) in [6, 6.07) is 13.6. The Labute approximate surface area is 144 Å². The minimum absolute atomic E-state index is 0.223. The van der Waals surface area contributed by atoms with Crippen LogP contribution in [-0.2, 0) is 6.42 Å². The molecule has 0 aliphatic rings. The highest BCUT2D eigenvalue weighted by molar-refractivity contribution is 7.09. The molecule has 0 aliphatic carbocycles. The van der Waals surface area contributed by atoms with Gasteiger partial charge in [0.2, 0.25) is 5.13 Å². The zero-order valence-corrected chi connectivity index (χ0v) is 14.1. The molecule has 0 spiro atoms. The second-order valence-corrected chi connectivity index (χ2v) is 6.45. The Balaban J connectivity index is 1.57. The van der Waals surface area contributed by atoms with Gasteiger partial charge in [0.25, 0.3) is 0 Å². The standard InChI is InChI=1S/C18H18FN3OS/c1-12(14-5-7-15(19)8-6-14)11-20-18-21-17(22-24-18)10-13-3-2-4-16(23)9-13/h2-9,12,23H,10-11H2,1H3,(H,20,21,22). The number of benzene rings is 2. The molecule has 2 aromatic carbocycles. The summed E-state index contributed by atoms with van der Waals surface area (Å²) in [4.78, 5) is 4.47. The summed E-state index contributed by atoms with van der Waals surface area (Å²) in [6.45, 7) is 2.78. The van der Waals surface area contributed by atoms with Crippen LogP contribution in [0.1, 0.15) is 29.8 Å². The topological polar surface area (TPSA) is 58.0 Å². The number of hydrogen-bond acceptors (Lipinski definition) is 5. The van der Waals surface area contributed by atoms with Crippen LogP contribution in [0.3, 0.4) is 0 Å². The average molecular weight is 343 g/mol. The molecular weight excluding hydrogens is 325 g/mol. The van der Waals surface area contributed by atoms with Crippen molar-refractivity contribution in [3.63, 3.8) is 0 Å². The summed E-state index contributed by atoms with van der Waals surface area (Å²) in [7, 11) is 0. The molecule has 1 aromatic heterocycles. The van der Waals surface area contributed by atoms with Crippen molar-refractivity contribution in [1.29, 1.82) is 0 Å². The maximum Gasteiger partial charge on any atom is 0.202 e. The van der Waals surface area contributed by atoms with Gasteiger partial charge in [0.05, 0.1) is 0 Å². The lowest BCUT2D eigenvalue weighted by Gasteiger charge is -2.12. The maximum absolute atomic E-state index is 13.0. The predicted octanol–water partition coefficient (Wildman–Crippen LogP) is 4.19. The van der Waals surface area contributed by atoms with Crippen LogP contribution in [0.2, 0.25) is 0 Å². The monoisotopic (exact) mass is 343 g/mol.